The molecule has 3 saturated heterocycles. The van der Waals surface area contributed by atoms with E-state index in [2.05, 4.69) is 0 Å². The van der Waals surface area contributed by atoms with E-state index in [1.54, 1.807) is 45.4 Å². The SMILES string of the molecule is CC[C@H]1OC(=O)[C@H](C)[C@@H](OC2C[C@@](C)(OC)[C@@H](OCCOCCCc3ccc4c(c3)c(=O)c(C(=O)O)cn4C(C)C)[C@H](C)O2)[C@H](C)[C@@H](O[C@@H]2O[C@H](C)C[C@H](N(C)C)[C@H]2O)[C@](C)(O)C[C@@H](C)CN(C)[C@H](C)[C@H](O)[C@]1(C)O. The largest absolute Gasteiger partial charge is 0.477 e. The van der Waals surface area contributed by atoms with Gasteiger partial charge < -0.3 is 77.8 Å². The van der Waals surface area contributed by atoms with Crippen LogP contribution in [-0.4, -0.2) is 197 Å². The van der Waals surface area contributed by atoms with Crippen LogP contribution in [0.15, 0.2) is 29.2 Å². The van der Waals surface area contributed by atoms with Crippen molar-refractivity contribution in [1.29, 1.82) is 0 Å². The molecule has 4 heterocycles. The van der Waals surface area contributed by atoms with Crippen molar-refractivity contribution < 1.29 is 73.0 Å². The number of carboxylic acids is 1. The van der Waals surface area contributed by atoms with Gasteiger partial charge in [0, 0.05) is 62.3 Å². The second-order valence-corrected chi connectivity index (χ2v) is 23.3. The number of carbonyl (C=O) groups is 2. The van der Waals surface area contributed by atoms with Crippen molar-refractivity contribution in [3.63, 3.8) is 0 Å². The number of aryl methyl sites for hydroxylation is 1. The molecular weight excluding hydrogens is 971 g/mol. The molecule has 19 heteroatoms. The Bertz CT molecular complexity index is 2240. The summed E-state index contributed by atoms with van der Waals surface area (Å²) in [6.07, 6.45) is -5.42. The number of pyridine rings is 1. The van der Waals surface area contributed by atoms with Crippen LogP contribution in [0.5, 0.6) is 0 Å². The Morgan fingerprint density at radius 2 is 1.63 bits per heavy atom. The van der Waals surface area contributed by atoms with Crippen molar-refractivity contribution in [3.8, 4) is 0 Å². The number of rotatable bonds is 17. The lowest BCUT2D eigenvalue weighted by Gasteiger charge is -2.49. The fourth-order valence-corrected chi connectivity index (χ4v) is 11.9. The first kappa shape index (κ1) is 62.7. The highest BCUT2D eigenvalue weighted by Gasteiger charge is 2.53. The van der Waals surface area contributed by atoms with Crippen molar-refractivity contribution in [2.75, 3.05) is 54.6 Å². The number of aromatic nitrogens is 1. The number of hydrogen-bond donors (Lipinski definition) is 5. The first-order valence-electron chi connectivity index (χ1n) is 27.1. The number of cyclic esters (lactones) is 1. The summed E-state index contributed by atoms with van der Waals surface area (Å²) >= 11 is 0. The molecule has 5 N–H and O–H groups in total. The summed E-state index contributed by atoms with van der Waals surface area (Å²) < 4.78 is 53.2. The molecule has 1 aromatic heterocycles. The molecule has 0 spiro atoms. The molecule has 2 aromatic rings. The van der Waals surface area contributed by atoms with Gasteiger partial charge in [0.2, 0.25) is 5.43 Å². The predicted molar refractivity (Wildman–Crippen MR) is 283 cm³/mol. The number of aliphatic hydroxyl groups excluding tert-OH is 2. The third-order valence-corrected chi connectivity index (χ3v) is 16.3. The fraction of sp³-hybridized carbons (Fsp3) is 0.804. The van der Waals surface area contributed by atoms with E-state index in [4.69, 9.17) is 37.9 Å². The van der Waals surface area contributed by atoms with Gasteiger partial charge in [-0.1, -0.05) is 26.8 Å². The lowest BCUT2D eigenvalue weighted by molar-refractivity contribution is -0.321. The van der Waals surface area contributed by atoms with Gasteiger partial charge in [-0.15, -0.1) is 0 Å². The van der Waals surface area contributed by atoms with Crippen molar-refractivity contribution in [2.45, 2.75) is 218 Å². The van der Waals surface area contributed by atoms with Crippen molar-refractivity contribution in [3.05, 3.63) is 45.7 Å². The molecule has 3 fully saturated rings. The summed E-state index contributed by atoms with van der Waals surface area (Å²) in [5.41, 5.74) is -3.60. The molecule has 0 bridgehead atoms. The second kappa shape index (κ2) is 26.2. The number of aromatic carboxylic acids is 1. The van der Waals surface area contributed by atoms with E-state index in [0.29, 0.717) is 43.3 Å². The molecule has 428 valence electrons. The first-order valence-corrected chi connectivity index (χ1v) is 27.1. The summed E-state index contributed by atoms with van der Waals surface area (Å²) in [6.45, 7) is 23.1. The third-order valence-electron chi connectivity index (χ3n) is 16.3. The number of aliphatic hydroxyl groups is 4. The van der Waals surface area contributed by atoms with Crippen LogP contribution >= 0.6 is 0 Å². The van der Waals surface area contributed by atoms with E-state index in [1.165, 1.54) is 13.1 Å². The number of carbonyl (C=O) groups excluding carboxylic acids is 1. The summed E-state index contributed by atoms with van der Waals surface area (Å²) in [5.74, 6) is -3.98. The van der Waals surface area contributed by atoms with Crippen molar-refractivity contribution in [2.24, 2.45) is 17.8 Å². The summed E-state index contributed by atoms with van der Waals surface area (Å²) in [5, 5.41) is 58.2. The number of nitrogens with zero attached hydrogens (tertiary/aromatic N) is 3. The Morgan fingerprint density at radius 1 is 0.947 bits per heavy atom. The topological polar surface area (TPSA) is 238 Å². The molecular formula is C56H93N3O16. The minimum Gasteiger partial charge on any atom is -0.477 e. The van der Waals surface area contributed by atoms with Crippen LogP contribution in [0.3, 0.4) is 0 Å². The van der Waals surface area contributed by atoms with Gasteiger partial charge in [0.1, 0.15) is 35.6 Å². The highest BCUT2D eigenvalue weighted by molar-refractivity contribution is 5.92. The van der Waals surface area contributed by atoms with Crippen LogP contribution in [0.2, 0.25) is 0 Å². The van der Waals surface area contributed by atoms with Crippen LogP contribution in [0.25, 0.3) is 10.9 Å². The fourth-order valence-electron chi connectivity index (χ4n) is 11.9. The Morgan fingerprint density at radius 3 is 2.24 bits per heavy atom. The second-order valence-electron chi connectivity index (χ2n) is 23.3. The summed E-state index contributed by atoms with van der Waals surface area (Å²) in [6, 6.07) is 4.66. The number of benzene rings is 1. The van der Waals surface area contributed by atoms with Crippen LogP contribution < -0.4 is 5.43 Å². The summed E-state index contributed by atoms with van der Waals surface area (Å²) in [4.78, 5) is 43.4. The van der Waals surface area contributed by atoms with Gasteiger partial charge in [0.15, 0.2) is 12.6 Å². The lowest BCUT2D eigenvalue weighted by atomic mass is 9.77. The Hall–Kier alpha value is -3.15. The van der Waals surface area contributed by atoms with E-state index < -0.39 is 107 Å². The molecule has 0 saturated carbocycles. The van der Waals surface area contributed by atoms with Crippen LogP contribution in [0.4, 0.5) is 0 Å². The van der Waals surface area contributed by atoms with Crippen molar-refractivity contribution >= 4 is 22.8 Å². The summed E-state index contributed by atoms with van der Waals surface area (Å²) in [7, 11) is 7.20. The standard InChI is InChI=1S/C56H93N3O16/c1-17-43-56(12,67)48(62)36(8)58(15)29-32(4)27-54(10,66)49(75-53-46(61)42(57(13)14)25-33(5)71-53)34(6)47(35(7)52(65)73-43)74-44-28-55(11,68-16)50(37(9)72-44)70-24-23-69-22-18-19-38-20-21-41-39(26-38)45(60)40(51(63)64)30-59(41)31(2)3/h20-21,26,30-37,42-44,46-50,53,61-62,66-67H,17-19,22-25,27-29H2,1-16H3,(H,63,64)/t32-,33-,34+,35-,36-,37+,42+,43-,44?,46-,47+,48+,49-,50+,53+,54-,55-,56-/m1/s1. The number of methoxy groups -OCH3 is 1. The number of carboxylic acid groups (broad SMARTS) is 1. The van der Waals surface area contributed by atoms with Gasteiger partial charge in [-0.05, 0) is 139 Å². The molecule has 18 atom stereocenters. The van der Waals surface area contributed by atoms with Crippen LogP contribution in [0, 0.1) is 17.8 Å². The van der Waals surface area contributed by atoms with Gasteiger partial charge in [0.05, 0.1) is 60.3 Å². The quantitative estimate of drug-likeness (QED) is 0.102. The zero-order chi connectivity index (χ0) is 56.1. The maximum atomic E-state index is 14.6. The molecule has 0 aliphatic carbocycles. The zero-order valence-corrected chi connectivity index (χ0v) is 47.7. The zero-order valence-electron chi connectivity index (χ0n) is 47.7. The molecule has 1 unspecified atom stereocenters. The number of hydrogen-bond acceptors (Lipinski definition) is 17. The van der Waals surface area contributed by atoms with Gasteiger partial charge in [-0.25, -0.2) is 4.79 Å². The van der Waals surface area contributed by atoms with E-state index in [9.17, 15) is 39.9 Å². The highest BCUT2D eigenvalue weighted by atomic mass is 16.7. The monoisotopic (exact) mass is 1060 g/mol. The highest BCUT2D eigenvalue weighted by Crippen LogP contribution is 2.41. The minimum absolute atomic E-state index is 0.0420. The van der Waals surface area contributed by atoms with Crippen LogP contribution in [0.1, 0.15) is 137 Å². The molecule has 1 aromatic carbocycles. The number of fused-ring (bicyclic) bond motifs is 1. The molecule has 19 nitrogen and oxygen atoms in total. The Labute approximate surface area is 445 Å². The normalized spacial score (nSPS) is 38.1. The molecule has 75 heavy (non-hydrogen) atoms. The maximum absolute atomic E-state index is 14.6. The predicted octanol–water partition coefficient (Wildman–Crippen LogP) is 5.17. The number of ether oxygens (including phenoxy) is 8. The van der Waals surface area contributed by atoms with Gasteiger partial charge >= 0.3 is 11.9 Å². The molecule has 0 radical (unpaired) electrons. The minimum atomic E-state index is -1.84. The van der Waals surface area contributed by atoms with Crippen LogP contribution in [-0.2, 0) is 49.1 Å². The Balaban J connectivity index is 1.35. The van der Waals surface area contributed by atoms with E-state index >= 15 is 0 Å². The average Bonchev–Trinajstić information content (AvgIpc) is 3.33. The van der Waals surface area contributed by atoms with Crippen molar-refractivity contribution in [1.82, 2.24) is 14.4 Å². The molecule has 3 aliphatic heterocycles. The van der Waals surface area contributed by atoms with Gasteiger partial charge in [-0.3, -0.25) is 9.59 Å². The lowest BCUT2D eigenvalue weighted by Crippen LogP contribution is -2.61. The molecule has 0 amide bonds. The maximum Gasteiger partial charge on any atom is 0.341 e. The first-order chi connectivity index (χ1) is 35.0. The van der Waals surface area contributed by atoms with Gasteiger partial charge in [0.25, 0.3) is 0 Å². The smallest absolute Gasteiger partial charge is 0.341 e. The number of esters is 1. The van der Waals surface area contributed by atoms with E-state index in [0.717, 1.165) is 5.56 Å². The van der Waals surface area contributed by atoms with E-state index in [1.807, 2.05) is 91.5 Å². The third kappa shape index (κ3) is 14.8. The van der Waals surface area contributed by atoms with Gasteiger partial charge in [-0.2, -0.15) is 0 Å². The van der Waals surface area contributed by atoms with E-state index in [-0.39, 0.29) is 62.1 Å². The average molecular weight is 1060 g/mol. The molecule has 3 aliphatic rings. The number of likely N-dealkylation sites (N-methyl/N-ethyl adjacent to an activating group) is 2. The molecule has 5 rings (SSSR count). The Kier molecular flexibility index (Phi) is 21.9.